The molecule has 418 valence electrons. The Morgan fingerprint density at radius 2 is 0.534 bits per heavy atom. The zero-order chi connectivity index (χ0) is 52.9. The molecular formula is C67H114O6. The van der Waals surface area contributed by atoms with E-state index in [1.165, 1.54) is 141 Å². The largest absolute Gasteiger partial charge is 0.462 e. The summed E-state index contributed by atoms with van der Waals surface area (Å²) >= 11 is 0. The van der Waals surface area contributed by atoms with Gasteiger partial charge >= 0.3 is 17.9 Å². The number of allylic oxidation sites excluding steroid dienone is 16. The van der Waals surface area contributed by atoms with Gasteiger partial charge in [-0.15, -0.1) is 0 Å². The number of ether oxygens (including phenoxy) is 3. The van der Waals surface area contributed by atoms with E-state index < -0.39 is 6.10 Å². The fourth-order valence-corrected chi connectivity index (χ4v) is 8.48. The van der Waals surface area contributed by atoms with E-state index in [1.807, 2.05) is 0 Å². The van der Waals surface area contributed by atoms with Gasteiger partial charge in [0.1, 0.15) is 13.2 Å². The van der Waals surface area contributed by atoms with Crippen LogP contribution >= 0.6 is 0 Å². The van der Waals surface area contributed by atoms with Gasteiger partial charge in [0.25, 0.3) is 0 Å². The van der Waals surface area contributed by atoms with Gasteiger partial charge in [-0.2, -0.15) is 0 Å². The van der Waals surface area contributed by atoms with Crippen molar-refractivity contribution < 1.29 is 28.6 Å². The fourth-order valence-electron chi connectivity index (χ4n) is 8.48. The molecule has 0 aromatic carbocycles. The highest BCUT2D eigenvalue weighted by Gasteiger charge is 2.19. The maximum Gasteiger partial charge on any atom is 0.306 e. The van der Waals surface area contributed by atoms with Crippen molar-refractivity contribution in [3.8, 4) is 0 Å². The third-order valence-corrected chi connectivity index (χ3v) is 13.1. The number of unbranched alkanes of at least 4 members (excludes halogenated alkanes) is 28. The minimum absolute atomic E-state index is 0.0806. The first-order valence-electron chi connectivity index (χ1n) is 30.7. The molecule has 0 N–H and O–H groups in total. The summed E-state index contributed by atoms with van der Waals surface area (Å²) in [5.74, 6) is -0.893. The van der Waals surface area contributed by atoms with Crippen LogP contribution in [-0.2, 0) is 28.6 Å². The lowest BCUT2D eigenvalue weighted by molar-refractivity contribution is -0.167. The van der Waals surface area contributed by atoms with Gasteiger partial charge in [0, 0.05) is 19.3 Å². The summed E-state index contributed by atoms with van der Waals surface area (Å²) in [4.78, 5) is 38.1. The second-order valence-electron chi connectivity index (χ2n) is 20.2. The zero-order valence-corrected chi connectivity index (χ0v) is 47.9. The number of hydrogen-bond donors (Lipinski definition) is 0. The SMILES string of the molecule is CC/C=C\C/C=C\C/C=C\C/C=C\C/C=C\C/C=C\C/C=C\CCCCCCCCCC(=O)OCC(COC(=O)CCCCCCCCCCC)OC(=O)CCCCCCCCC/C=C\CCCCCCCC. The third-order valence-electron chi connectivity index (χ3n) is 13.1. The molecule has 73 heavy (non-hydrogen) atoms. The molecule has 0 heterocycles. The van der Waals surface area contributed by atoms with E-state index in [0.29, 0.717) is 19.3 Å². The highest BCUT2D eigenvalue weighted by molar-refractivity contribution is 5.71. The lowest BCUT2D eigenvalue weighted by atomic mass is 10.1. The van der Waals surface area contributed by atoms with Crippen LogP contribution in [0.25, 0.3) is 0 Å². The van der Waals surface area contributed by atoms with Crippen LogP contribution in [0.4, 0.5) is 0 Å². The Morgan fingerprint density at radius 3 is 0.849 bits per heavy atom. The summed E-state index contributed by atoms with van der Waals surface area (Å²) in [6.45, 7) is 6.50. The molecule has 0 bridgehead atoms. The van der Waals surface area contributed by atoms with Gasteiger partial charge in [-0.05, 0) is 103 Å². The van der Waals surface area contributed by atoms with E-state index in [-0.39, 0.29) is 31.1 Å². The lowest BCUT2D eigenvalue weighted by Gasteiger charge is -2.18. The van der Waals surface area contributed by atoms with Crippen molar-refractivity contribution >= 4 is 17.9 Å². The first-order chi connectivity index (χ1) is 36.0. The molecule has 1 atom stereocenters. The Kier molecular flexibility index (Phi) is 57.8. The molecular weight excluding hydrogens is 901 g/mol. The van der Waals surface area contributed by atoms with E-state index >= 15 is 0 Å². The van der Waals surface area contributed by atoms with Crippen molar-refractivity contribution in [3.63, 3.8) is 0 Å². The highest BCUT2D eigenvalue weighted by atomic mass is 16.6. The average molecular weight is 1020 g/mol. The number of carbonyl (C=O) groups excluding carboxylic acids is 3. The average Bonchev–Trinajstić information content (AvgIpc) is 3.39. The van der Waals surface area contributed by atoms with Crippen molar-refractivity contribution in [1.29, 1.82) is 0 Å². The summed E-state index contributed by atoms with van der Waals surface area (Å²) in [5, 5.41) is 0. The van der Waals surface area contributed by atoms with Crippen LogP contribution in [0.2, 0.25) is 0 Å². The van der Waals surface area contributed by atoms with E-state index in [4.69, 9.17) is 14.2 Å². The van der Waals surface area contributed by atoms with E-state index in [9.17, 15) is 14.4 Å². The molecule has 6 nitrogen and oxygen atoms in total. The van der Waals surface area contributed by atoms with Crippen LogP contribution in [0.3, 0.4) is 0 Å². The smallest absolute Gasteiger partial charge is 0.306 e. The van der Waals surface area contributed by atoms with Gasteiger partial charge in [-0.25, -0.2) is 0 Å². The maximum atomic E-state index is 12.8. The van der Waals surface area contributed by atoms with Crippen molar-refractivity contribution in [3.05, 3.63) is 97.2 Å². The van der Waals surface area contributed by atoms with Crippen LogP contribution in [0.5, 0.6) is 0 Å². The highest BCUT2D eigenvalue weighted by Crippen LogP contribution is 2.15. The second-order valence-corrected chi connectivity index (χ2v) is 20.2. The number of esters is 3. The molecule has 1 unspecified atom stereocenters. The zero-order valence-electron chi connectivity index (χ0n) is 47.9. The van der Waals surface area contributed by atoms with E-state index in [1.54, 1.807) is 0 Å². The molecule has 6 heteroatoms. The molecule has 0 aliphatic carbocycles. The van der Waals surface area contributed by atoms with Gasteiger partial charge in [0.2, 0.25) is 0 Å². The fraction of sp³-hybridized carbons (Fsp3) is 0.716. The van der Waals surface area contributed by atoms with Crippen LogP contribution in [-0.4, -0.2) is 37.2 Å². The Balaban J connectivity index is 4.25. The van der Waals surface area contributed by atoms with Crippen LogP contribution in [0.15, 0.2) is 97.2 Å². The molecule has 0 aliphatic rings. The summed E-state index contributed by atoms with van der Waals surface area (Å²) < 4.78 is 16.8. The van der Waals surface area contributed by atoms with Crippen molar-refractivity contribution in [1.82, 2.24) is 0 Å². The van der Waals surface area contributed by atoms with Crippen LogP contribution < -0.4 is 0 Å². The molecule has 0 aliphatic heterocycles. The molecule has 0 radical (unpaired) electrons. The van der Waals surface area contributed by atoms with Gasteiger partial charge in [0.15, 0.2) is 6.10 Å². The summed E-state index contributed by atoms with van der Waals surface area (Å²) in [7, 11) is 0. The molecule has 0 aromatic heterocycles. The second kappa shape index (κ2) is 60.9. The molecule has 0 spiro atoms. The lowest BCUT2D eigenvalue weighted by Crippen LogP contribution is -2.30. The van der Waals surface area contributed by atoms with Crippen molar-refractivity contribution in [2.75, 3.05) is 13.2 Å². The summed E-state index contributed by atoms with van der Waals surface area (Å²) in [6.07, 6.45) is 81.3. The predicted molar refractivity (Wildman–Crippen MR) is 316 cm³/mol. The molecule has 0 amide bonds. The normalized spacial score (nSPS) is 12.8. The van der Waals surface area contributed by atoms with Crippen molar-refractivity contribution in [2.45, 2.75) is 297 Å². The maximum absolute atomic E-state index is 12.8. The Labute approximate surface area is 451 Å². The topological polar surface area (TPSA) is 78.9 Å². The minimum atomic E-state index is -0.783. The quantitative estimate of drug-likeness (QED) is 0.0261. The van der Waals surface area contributed by atoms with Gasteiger partial charge in [-0.1, -0.05) is 266 Å². The summed E-state index contributed by atoms with van der Waals surface area (Å²) in [6, 6.07) is 0. The first-order valence-corrected chi connectivity index (χ1v) is 30.7. The predicted octanol–water partition coefficient (Wildman–Crippen LogP) is 20.9. The molecule has 0 rings (SSSR count). The monoisotopic (exact) mass is 1010 g/mol. The molecule has 0 fully saturated rings. The van der Waals surface area contributed by atoms with Gasteiger partial charge in [0.05, 0.1) is 0 Å². The molecule has 0 saturated carbocycles. The number of carbonyl (C=O) groups is 3. The van der Waals surface area contributed by atoms with Crippen LogP contribution in [0.1, 0.15) is 290 Å². The van der Waals surface area contributed by atoms with E-state index in [2.05, 4.69) is 118 Å². The molecule has 0 saturated heterocycles. The number of hydrogen-bond acceptors (Lipinski definition) is 6. The number of rotatable bonds is 55. The third kappa shape index (κ3) is 59.1. The van der Waals surface area contributed by atoms with E-state index in [0.717, 1.165) is 109 Å². The van der Waals surface area contributed by atoms with Gasteiger partial charge < -0.3 is 14.2 Å². The Morgan fingerprint density at radius 1 is 0.288 bits per heavy atom. The molecule has 0 aromatic rings. The standard InChI is InChI=1S/C67H114O6/c1-4-7-10-13-16-19-21-23-25-27-28-29-30-31-32-33-34-35-36-37-38-40-41-43-45-48-51-54-57-60-66(69)72-63-64(62-71-65(68)59-56-53-50-47-18-15-12-9-6-3)73-67(70)61-58-55-52-49-46-44-42-39-26-24-22-20-17-14-11-8-5-2/h7,10,16,19,23-26,28-29,31-32,34-35,37-38,64H,4-6,8-9,11-15,17-18,20-22,27,30,33,36,39-63H2,1-3H3/b10-7-,19-16-,25-23-,26-24-,29-28-,32-31-,35-34-,38-37-. The van der Waals surface area contributed by atoms with Gasteiger partial charge in [-0.3, -0.25) is 14.4 Å². The first kappa shape index (κ1) is 69.3. The summed E-state index contributed by atoms with van der Waals surface area (Å²) in [5.41, 5.74) is 0. The Bertz CT molecular complexity index is 1440. The van der Waals surface area contributed by atoms with Crippen LogP contribution in [0, 0.1) is 0 Å². The Hall–Kier alpha value is -3.67. The van der Waals surface area contributed by atoms with Crippen molar-refractivity contribution in [2.24, 2.45) is 0 Å². The minimum Gasteiger partial charge on any atom is -0.462 e.